The number of amides is 8. The van der Waals surface area contributed by atoms with E-state index in [1.54, 1.807) is 21.0 Å². The molecule has 0 aromatic heterocycles. The molecule has 0 aromatic carbocycles. The summed E-state index contributed by atoms with van der Waals surface area (Å²) in [5, 5.41) is 186. The van der Waals surface area contributed by atoms with Crippen molar-refractivity contribution in [2.75, 3.05) is 33.9 Å². The third kappa shape index (κ3) is 35.4. The topological polar surface area (TPSA) is 789 Å². The smallest absolute Gasteiger partial charge is 0.295 e. The van der Waals surface area contributed by atoms with E-state index >= 15 is 0 Å². The summed E-state index contributed by atoms with van der Waals surface area (Å²) < 4.78 is 120. The Morgan fingerprint density at radius 2 is 0.524 bits per heavy atom. The molecule has 9 saturated heterocycles. The van der Waals surface area contributed by atoms with Crippen LogP contribution >= 0.6 is 0 Å². The molecule has 0 radical (unpaired) electrons. The number of hydrogen-bond acceptors (Lipinski definition) is 47. The summed E-state index contributed by atoms with van der Waals surface area (Å²) in [5.74, 6) is -3.90. The second kappa shape index (κ2) is 60.4. The van der Waals surface area contributed by atoms with Crippen LogP contribution < -0.4 is 42.5 Å². The molecular weight excluding hydrogens is 1970 g/mol. The lowest BCUT2D eigenvalue weighted by Gasteiger charge is -2.52. The number of aliphatic hydroxyl groups excluding tert-OH is 15. The van der Waals surface area contributed by atoms with Crippen molar-refractivity contribution in [3.05, 3.63) is 0 Å². The van der Waals surface area contributed by atoms with Crippen LogP contribution in [-0.2, 0) is 152 Å². The highest BCUT2D eigenvalue weighted by Crippen LogP contribution is 2.41. The van der Waals surface area contributed by atoms with Crippen LogP contribution in [0.15, 0.2) is 0 Å². The number of nitrogens with one attached hydrogen (secondary N) is 8. The lowest BCUT2D eigenvalue weighted by Crippen LogP contribution is -2.71. The number of rotatable bonds is 51. The number of Topliss-reactive ketones (excluding diaryl/α,β-unsaturated/α-hetero) is 2. The molecule has 23 N–H and O–H groups in total. The normalized spacial score (nSPS) is 39.6. The summed E-state index contributed by atoms with van der Waals surface area (Å²) in [6.45, 7) is 14.7. The van der Waals surface area contributed by atoms with Gasteiger partial charge in [-0.2, -0.15) is 0 Å². The van der Waals surface area contributed by atoms with Crippen molar-refractivity contribution in [2.45, 2.75) is 475 Å². The fourth-order valence-electron chi connectivity index (χ4n) is 18.4. The SMILES string of the molecule is CNC(=O)CCCCC(=O)CCCCCCO[C@@H]1OC(C)[C@H](O)[C@H](O[C@@H]2OC(C)[C@@H](O)[C@H](O[C@@H]3OC(OC=O)[C@@H](O)[C@H](O)C3O[C@@H]3OC(C)[C@@H](O)[C@H](O)C3NC(C)=O)C2NC(C)=O)C1NC(C)=O.CNC(=O)CCCCC(=O)CCCCCCO[C@@H]1OC(C)[C@H](O)[C@H](O[C@@H]2OC(C)[C@@H](O[C@@H]3OC(CO)[C@@H](O)[C@H](O)C3O)[C@H](O[C@@H]3OC(OC=O)[C@@H](O)[C@H](O)C3O[C@@H]3OC(C)[C@@H](O)[C@H](O)C3NC(C)=O)C2NC(C)=O)C1NC(C)=O. The molecule has 55 nitrogen and oxygen atoms in total. The van der Waals surface area contributed by atoms with Gasteiger partial charge in [-0.25, -0.2) is 0 Å². The lowest BCUT2D eigenvalue weighted by molar-refractivity contribution is -0.402. The Morgan fingerprint density at radius 1 is 0.252 bits per heavy atom. The minimum atomic E-state index is -2.15. The summed E-state index contributed by atoms with van der Waals surface area (Å²) in [6, 6.07) is -8.64. The van der Waals surface area contributed by atoms with Crippen molar-refractivity contribution in [3.8, 4) is 0 Å². The van der Waals surface area contributed by atoms with Crippen LogP contribution in [0.5, 0.6) is 0 Å². The van der Waals surface area contributed by atoms with Gasteiger partial charge >= 0.3 is 0 Å². The molecule has 9 aliphatic rings. The van der Waals surface area contributed by atoms with E-state index in [0.29, 0.717) is 109 Å². The summed E-state index contributed by atoms with van der Waals surface area (Å²) in [5.41, 5.74) is 0. The maximum Gasteiger partial charge on any atom is 0.295 e. The summed E-state index contributed by atoms with van der Waals surface area (Å²) >= 11 is 0. The van der Waals surface area contributed by atoms with E-state index < -0.39 is 318 Å². The molecule has 8 amide bonds. The standard InChI is InChI=1S/C49H82N4O26.C43H72N4O21/c1-20-32(61)35(64)29(51-23(4)56)45(72-20)78-43-37(66)39(68)47(70-19-55)79-49(43)77-42-31(53-25(6)58)46(73-22(3)40(42)75-48-38(67)36(65)34(63)27(18-54)74-48)76-41-30(52-24(5)57)44(71-21(2)33(41)62)69-17-13-9-8-10-14-26(59)15-11-12-16-28(60)50-7;1-19-30(54)33(57)27(45-22(4)49)40(63-19)67-38-34(58)35(59)42(61-18-48)68-43(38)66-37-29(47-24(6)51)41(64-21(3)32(37)56)65-36-28(46-23(5)50)39(62-20(2)31(36)55)60-17-13-9-8-10-14-25(52)15-11-12-16-26(53)44-7/h19-22,27,29-49,54,61-68H,8-18H2,1-7H3,(H,50,60)(H,51,56)(H,52,57)(H,53,58);18-21,27-43,54-59H,8-17H2,1-7H3,(H,44,53)(H,45,49)(H,46,50)(H,47,51)/t20?,21?,22?,27?,29?,30?,31?,32-,33+,34-,35-,36+,37+,38?,39+,40-,41-,42-,43?,44-,45+,46+,47?,48+,49-;19?,20?,21?,27?,28?,29?,30-,31+,32-,33-,34+,35+,36-,37-,38?,39-,40+,41+,42?,43-/m11/s1. The molecule has 9 heterocycles. The monoisotopic (exact) mass is 2120 g/mol. The highest BCUT2D eigenvalue weighted by molar-refractivity contribution is 5.80. The van der Waals surface area contributed by atoms with Crippen LogP contribution in [0.2, 0.25) is 0 Å². The van der Waals surface area contributed by atoms with E-state index in [0.717, 1.165) is 34.1 Å². The van der Waals surface area contributed by atoms with Crippen molar-refractivity contribution >= 4 is 71.8 Å². The maximum atomic E-state index is 13.3. The average Bonchev–Trinajstić information content (AvgIpc) is 0.735. The number of ether oxygens (including phenoxy) is 20. The van der Waals surface area contributed by atoms with Crippen LogP contribution in [0.4, 0.5) is 0 Å². The number of carbonyl (C=O) groups excluding carboxylic acids is 12. The van der Waals surface area contributed by atoms with Crippen LogP contribution in [0.1, 0.15) is 199 Å². The van der Waals surface area contributed by atoms with E-state index in [1.165, 1.54) is 48.5 Å². The fourth-order valence-corrected chi connectivity index (χ4v) is 18.4. The van der Waals surface area contributed by atoms with Gasteiger partial charge in [-0.05, 0) is 92.9 Å². The van der Waals surface area contributed by atoms with Gasteiger partial charge in [-0.3, -0.25) is 57.5 Å². The zero-order chi connectivity index (χ0) is 109. The van der Waals surface area contributed by atoms with Gasteiger partial charge in [0.15, 0.2) is 56.6 Å². The van der Waals surface area contributed by atoms with Gasteiger partial charge in [0.25, 0.3) is 12.9 Å². The zero-order valence-corrected chi connectivity index (χ0v) is 84.8. The molecule has 9 rings (SSSR count). The van der Waals surface area contributed by atoms with Crippen molar-refractivity contribution in [1.82, 2.24) is 42.5 Å². The van der Waals surface area contributed by atoms with Crippen molar-refractivity contribution < 1.29 is 229 Å². The third-order valence-electron chi connectivity index (χ3n) is 26.4. The maximum absolute atomic E-state index is 13.3. The van der Waals surface area contributed by atoms with Crippen LogP contribution in [0, 0.1) is 0 Å². The zero-order valence-electron chi connectivity index (χ0n) is 84.8. The Balaban J connectivity index is 0.000000363. The quantitative estimate of drug-likeness (QED) is 0.0199. The second-order valence-corrected chi connectivity index (χ2v) is 38.0. The molecule has 9 fully saturated rings. The molecule has 55 heteroatoms. The van der Waals surface area contributed by atoms with E-state index in [-0.39, 0.29) is 49.5 Å². The van der Waals surface area contributed by atoms with Gasteiger partial charge in [-0.1, -0.05) is 25.7 Å². The second-order valence-electron chi connectivity index (χ2n) is 38.0. The predicted molar refractivity (Wildman–Crippen MR) is 490 cm³/mol. The minimum absolute atomic E-state index is 0.0604. The number of unbranched alkanes of at least 4 members (excludes halogenated alkanes) is 8. The van der Waals surface area contributed by atoms with E-state index in [9.17, 15) is 134 Å². The number of ketones is 2. The Bertz CT molecular complexity index is 4110. The summed E-state index contributed by atoms with van der Waals surface area (Å²) in [7, 11) is 3.13. The van der Waals surface area contributed by atoms with Crippen LogP contribution in [-0.4, -0.2) is 459 Å². The van der Waals surface area contributed by atoms with Gasteiger partial charge in [0.2, 0.25) is 59.8 Å². The van der Waals surface area contributed by atoms with Gasteiger partial charge in [0, 0.05) is 107 Å². The molecule has 45 atom stereocenters. The molecule has 844 valence electrons. The highest BCUT2D eigenvalue weighted by Gasteiger charge is 2.62. The van der Waals surface area contributed by atoms with Gasteiger partial charge in [0.1, 0.15) is 182 Å². The highest BCUT2D eigenvalue weighted by atomic mass is 16.8. The van der Waals surface area contributed by atoms with Gasteiger partial charge < -0.3 is 214 Å². The Labute approximate surface area is 848 Å². The summed E-state index contributed by atoms with van der Waals surface area (Å²) in [6.07, 6.45) is -54.2. The number of hydrogen-bond donors (Lipinski definition) is 23. The van der Waals surface area contributed by atoms with Gasteiger partial charge in [0.05, 0.1) is 43.2 Å². The first-order chi connectivity index (χ1) is 69.6. The minimum Gasteiger partial charge on any atom is -0.435 e. The predicted octanol–water partition coefficient (Wildman–Crippen LogP) is -8.67. The van der Waals surface area contributed by atoms with E-state index in [4.69, 9.17) is 94.7 Å². The van der Waals surface area contributed by atoms with Crippen LogP contribution in [0.25, 0.3) is 0 Å². The molecule has 0 bridgehead atoms. The molecule has 0 aliphatic carbocycles. The van der Waals surface area contributed by atoms with E-state index in [2.05, 4.69) is 42.5 Å². The number of aliphatic hydroxyl groups is 15. The average molecular weight is 2120 g/mol. The van der Waals surface area contributed by atoms with Crippen LogP contribution in [0.3, 0.4) is 0 Å². The lowest BCUT2D eigenvalue weighted by atomic mass is 9.93. The largest absolute Gasteiger partial charge is 0.435 e. The molecule has 0 aromatic rings. The molecule has 18 unspecified atom stereocenters. The molecule has 0 spiro atoms. The van der Waals surface area contributed by atoms with Crippen molar-refractivity contribution in [3.63, 3.8) is 0 Å². The first kappa shape index (κ1) is 125. The first-order valence-electron chi connectivity index (χ1n) is 49.7. The van der Waals surface area contributed by atoms with E-state index in [1.807, 2.05) is 0 Å². The number of carbonyl (C=O) groups is 12. The van der Waals surface area contributed by atoms with Crippen molar-refractivity contribution in [2.24, 2.45) is 0 Å². The summed E-state index contributed by atoms with van der Waals surface area (Å²) in [4.78, 5) is 147. The molecule has 9 aliphatic heterocycles. The molecule has 0 saturated carbocycles. The Kier molecular flexibility index (Phi) is 51.3. The Morgan fingerprint density at radius 3 is 0.871 bits per heavy atom. The van der Waals surface area contributed by atoms with Gasteiger partial charge in [-0.15, -0.1) is 0 Å². The fraction of sp³-hybridized carbons (Fsp3) is 0.870. The first-order valence-corrected chi connectivity index (χ1v) is 49.7. The third-order valence-corrected chi connectivity index (χ3v) is 26.4. The van der Waals surface area contributed by atoms with Crippen molar-refractivity contribution in [1.29, 1.82) is 0 Å². The molecule has 147 heavy (non-hydrogen) atoms. The Hall–Kier alpha value is -7.28. The molecular formula is C92H154N8O47.